The van der Waals surface area contributed by atoms with Crippen LogP contribution in [-0.4, -0.2) is 159 Å². The highest BCUT2D eigenvalue weighted by molar-refractivity contribution is 5.97. The van der Waals surface area contributed by atoms with E-state index >= 15 is 0 Å². The van der Waals surface area contributed by atoms with Crippen LogP contribution in [0.15, 0.2) is 24.3 Å². The molecule has 6 amide bonds. The van der Waals surface area contributed by atoms with Crippen molar-refractivity contribution in [3.63, 3.8) is 0 Å². The maximum Gasteiger partial charge on any atom is 0.407 e. The van der Waals surface area contributed by atoms with Gasteiger partial charge >= 0.3 is 18.2 Å². The Kier molecular flexibility index (Phi) is 31.5. The van der Waals surface area contributed by atoms with Crippen molar-refractivity contribution in [2.24, 2.45) is 41.2 Å². The number of amides is 6. The van der Waals surface area contributed by atoms with Crippen molar-refractivity contribution in [2.75, 3.05) is 38.7 Å². The van der Waals surface area contributed by atoms with Crippen molar-refractivity contribution in [1.82, 2.24) is 36.3 Å². The number of nitrogens with zero attached hydrogens (tertiary/aromatic N) is 3. The Balaban J connectivity index is 1.11. The van der Waals surface area contributed by atoms with E-state index in [4.69, 9.17) is 24.7 Å². The van der Waals surface area contributed by atoms with Crippen LogP contribution in [0.3, 0.4) is 0 Å². The average Bonchev–Trinajstić information content (AvgIpc) is 1.79. The molecular formula is C62H103N9O15. The Hall–Kier alpha value is -5.50. The summed E-state index contributed by atoms with van der Waals surface area (Å²) in [6, 6.07) is 3.75. The minimum Gasteiger partial charge on any atom is -0.449 e. The number of fused-ring (bicyclic) bond motifs is 2. The minimum atomic E-state index is -1.69. The standard InChI is InChI=1S/C62H103N9O15/c1-6-7-8-9-10-11-12-13-14-15-16-17-21-40(4)54(75)48(38-83-59-57(78)56(77)55(76)51(35-72)86-59)67-61(81)84-36-41-24-26-43(27-25-41)66-58(79)42(22-20-32-65-60(63)80)34-50(73)53(39(2)3)68-62(82)85-37-46-44-28-30-47-49(31-29-45(44)46)71(70-69-47)33-19-18-23-52(74)64-5/h24-27,39-40,42,44-46,48,51,53-57,59,72,75-78H,6-23,28-38H2,1-5H3,(H,64,74)(H,66,79)(H,67,81)(H,68,82)(H3,63,65,80)/t40-,42-,44-,45+,46+,48?,51?,53+,54-,55+,56+,57?,59+/m1/s1. The van der Waals surface area contributed by atoms with Crippen molar-refractivity contribution in [3.8, 4) is 0 Å². The lowest BCUT2D eigenvalue weighted by Crippen LogP contribution is -2.60. The highest BCUT2D eigenvalue weighted by Gasteiger charge is 2.51. The lowest BCUT2D eigenvalue weighted by molar-refractivity contribution is -0.303. The first kappa shape index (κ1) is 71.3. The molecule has 0 spiro atoms. The van der Waals surface area contributed by atoms with Gasteiger partial charge in [-0.2, -0.15) is 0 Å². The number of primary amides is 1. The number of urea groups is 1. The smallest absolute Gasteiger partial charge is 0.407 e. The topological polar surface area (TPSA) is 357 Å². The number of aryl methyl sites for hydroxylation is 2. The summed E-state index contributed by atoms with van der Waals surface area (Å²) in [5.41, 5.74) is 8.34. The number of nitrogens with two attached hydrogens (primary N) is 1. The summed E-state index contributed by atoms with van der Waals surface area (Å²) >= 11 is 0. The number of anilines is 1. The van der Waals surface area contributed by atoms with E-state index in [1.807, 2.05) is 11.6 Å². The fourth-order valence-electron chi connectivity index (χ4n) is 11.9. The number of ether oxygens (including phenoxy) is 4. The minimum absolute atomic E-state index is 0.0177. The van der Waals surface area contributed by atoms with Crippen LogP contribution in [-0.2, 0) is 59.3 Å². The van der Waals surface area contributed by atoms with E-state index in [2.05, 4.69) is 43.8 Å². The lowest BCUT2D eigenvalue weighted by atomic mass is 9.89. The van der Waals surface area contributed by atoms with E-state index in [9.17, 15) is 54.3 Å². The van der Waals surface area contributed by atoms with Crippen molar-refractivity contribution >= 4 is 41.5 Å². The predicted molar refractivity (Wildman–Crippen MR) is 321 cm³/mol. The number of rotatable bonds is 40. The Bertz CT molecular complexity index is 2360. The second-order valence-corrected chi connectivity index (χ2v) is 24.4. The van der Waals surface area contributed by atoms with E-state index < -0.39 is 85.5 Å². The maximum atomic E-state index is 14.0. The van der Waals surface area contributed by atoms with Gasteiger partial charge in [0.2, 0.25) is 11.8 Å². The number of alkyl carbamates (subject to hydrolysis) is 2. The average molecular weight is 1210 g/mol. The zero-order valence-electron chi connectivity index (χ0n) is 51.6. The number of hydrogen-bond donors (Lipinski definition) is 11. The number of nitrogens with one attached hydrogen (secondary N) is 5. The molecule has 486 valence electrons. The summed E-state index contributed by atoms with van der Waals surface area (Å²) in [5, 5.41) is 74.9. The number of carbonyl (C=O) groups excluding carboxylic acids is 6. The van der Waals surface area contributed by atoms with Gasteiger partial charge in [0.05, 0.1) is 49.4 Å². The highest BCUT2D eigenvalue weighted by Crippen LogP contribution is 2.53. The molecule has 0 radical (unpaired) electrons. The molecule has 2 aromatic rings. The zero-order chi connectivity index (χ0) is 62.5. The zero-order valence-corrected chi connectivity index (χ0v) is 51.6. The van der Waals surface area contributed by atoms with Crippen LogP contribution in [0.25, 0.3) is 0 Å². The molecule has 1 aromatic carbocycles. The van der Waals surface area contributed by atoms with Crippen LogP contribution in [0.4, 0.5) is 20.1 Å². The maximum absolute atomic E-state index is 14.0. The van der Waals surface area contributed by atoms with Gasteiger partial charge in [-0.1, -0.05) is 122 Å². The van der Waals surface area contributed by atoms with Crippen LogP contribution in [0.1, 0.15) is 179 Å². The second kappa shape index (κ2) is 38.0. The molecule has 24 nitrogen and oxygen atoms in total. The Morgan fingerprint density at radius 2 is 1.44 bits per heavy atom. The second-order valence-electron chi connectivity index (χ2n) is 24.4. The van der Waals surface area contributed by atoms with Crippen LogP contribution in [0.5, 0.6) is 0 Å². The van der Waals surface area contributed by atoms with Gasteiger partial charge in [-0.25, -0.2) is 19.1 Å². The summed E-state index contributed by atoms with van der Waals surface area (Å²) in [7, 11) is 1.63. The monoisotopic (exact) mass is 1210 g/mol. The molecule has 13 atom stereocenters. The quantitative estimate of drug-likeness (QED) is 0.0349. The van der Waals surface area contributed by atoms with Gasteiger partial charge in [0.15, 0.2) is 12.1 Å². The number of ketones is 1. The summed E-state index contributed by atoms with van der Waals surface area (Å²) in [4.78, 5) is 77.8. The van der Waals surface area contributed by atoms with E-state index in [0.717, 1.165) is 75.6 Å². The summed E-state index contributed by atoms with van der Waals surface area (Å²) < 4.78 is 24.6. The molecule has 1 aliphatic heterocycles. The van der Waals surface area contributed by atoms with Crippen molar-refractivity contribution in [3.05, 3.63) is 41.2 Å². The molecule has 12 N–H and O–H groups in total. The number of aliphatic hydroxyl groups excluding tert-OH is 5. The normalized spacial score (nSPS) is 22.5. The summed E-state index contributed by atoms with van der Waals surface area (Å²) in [6.45, 7) is 7.51. The van der Waals surface area contributed by atoms with E-state index in [1.165, 1.54) is 51.4 Å². The number of hydrogen-bond acceptors (Lipinski definition) is 17. The molecule has 2 fully saturated rings. The van der Waals surface area contributed by atoms with Gasteiger partial charge in [-0.15, -0.1) is 5.10 Å². The lowest BCUT2D eigenvalue weighted by Gasteiger charge is -2.40. The number of carbonyl (C=O) groups is 6. The number of aromatic nitrogens is 3. The highest BCUT2D eigenvalue weighted by atomic mass is 16.7. The van der Waals surface area contributed by atoms with E-state index in [1.54, 1.807) is 45.2 Å². The first-order valence-electron chi connectivity index (χ1n) is 31.9. The molecule has 3 unspecified atom stereocenters. The van der Waals surface area contributed by atoms with Gasteiger partial charge in [-0.3, -0.25) is 14.4 Å². The van der Waals surface area contributed by atoms with Crippen molar-refractivity contribution in [1.29, 1.82) is 0 Å². The number of benzene rings is 1. The molecule has 3 aliphatic rings. The molecule has 1 saturated carbocycles. The third kappa shape index (κ3) is 23.9. The third-order valence-electron chi connectivity index (χ3n) is 17.4. The van der Waals surface area contributed by atoms with Gasteiger partial charge in [0, 0.05) is 44.6 Å². The fourth-order valence-corrected chi connectivity index (χ4v) is 11.9. The molecule has 5 rings (SSSR count). The van der Waals surface area contributed by atoms with Crippen molar-refractivity contribution < 1.29 is 73.2 Å². The van der Waals surface area contributed by atoms with Crippen LogP contribution < -0.4 is 32.3 Å². The van der Waals surface area contributed by atoms with Crippen molar-refractivity contribution in [2.45, 2.75) is 237 Å². The summed E-state index contributed by atoms with van der Waals surface area (Å²) in [5.74, 6) is -1.36. The SMILES string of the molecule is CCCCCCCCCCCCCC[C@@H](C)[C@@H](O)C(CO[C@H]1OC(CO)[C@H](O)[C@H](O)C1O)NC(=O)OCc1ccc(NC(=O)[C@H](CCCNC(N)=O)CC(=O)[C@@H](NC(=O)OC[C@H]2[C@@H]3CCc4nnn(CCCCC(=O)NC)c4CC[C@@H]32)C(C)C)cc1. The number of aliphatic hydroxyl groups is 5. The van der Waals surface area contributed by atoms with Gasteiger partial charge < -0.3 is 76.8 Å². The molecule has 1 saturated heterocycles. The Labute approximate surface area is 507 Å². The number of Topliss-reactive ketones (excluding diaryl/α,β-unsaturated/α-hetero) is 1. The molecule has 24 heteroatoms. The van der Waals surface area contributed by atoms with Crippen LogP contribution in [0.2, 0.25) is 0 Å². The Morgan fingerprint density at radius 1 is 0.791 bits per heavy atom. The third-order valence-corrected chi connectivity index (χ3v) is 17.4. The van der Waals surface area contributed by atoms with E-state index in [-0.39, 0.29) is 68.7 Å². The Morgan fingerprint density at radius 3 is 2.08 bits per heavy atom. The first-order chi connectivity index (χ1) is 41.3. The summed E-state index contributed by atoms with van der Waals surface area (Å²) in [6.07, 6.45) is 10.3. The van der Waals surface area contributed by atoms with Gasteiger partial charge in [0.1, 0.15) is 31.0 Å². The van der Waals surface area contributed by atoms with E-state index in [0.29, 0.717) is 48.9 Å². The van der Waals surface area contributed by atoms with Gasteiger partial charge in [-0.05, 0) is 105 Å². The first-order valence-corrected chi connectivity index (χ1v) is 31.9. The van der Waals surface area contributed by atoms with Gasteiger partial charge in [0.25, 0.3) is 0 Å². The van der Waals surface area contributed by atoms with Crippen LogP contribution in [0, 0.1) is 35.5 Å². The molecule has 2 aliphatic carbocycles. The molecular weight excluding hydrogens is 1110 g/mol. The number of unbranched alkanes of at least 4 members (excludes halogenated alkanes) is 12. The fraction of sp³-hybridized carbons (Fsp3) is 0.774. The predicted octanol–water partition coefficient (Wildman–Crippen LogP) is 5.85. The molecule has 2 heterocycles. The molecule has 0 bridgehead atoms. The largest absolute Gasteiger partial charge is 0.449 e. The van der Waals surface area contributed by atoms with Crippen LogP contribution >= 0.6 is 0 Å². The molecule has 86 heavy (non-hydrogen) atoms. The molecule has 1 aromatic heterocycles.